The first-order valence-electron chi connectivity index (χ1n) is 9.76. The molecule has 2 amide bonds. The van der Waals surface area contributed by atoms with Crippen molar-refractivity contribution in [2.75, 3.05) is 12.4 Å². The smallest absolute Gasteiger partial charge is 0.319 e. The van der Waals surface area contributed by atoms with E-state index < -0.39 is 29.4 Å². The van der Waals surface area contributed by atoms with E-state index in [1.54, 1.807) is 24.3 Å². The van der Waals surface area contributed by atoms with Crippen molar-refractivity contribution < 1.29 is 27.6 Å². The Morgan fingerprint density at radius 3 is 2.49 bits per heavy atom. The molecule has 35 heavy (non-hydrogen) atoms. The fourth-order valence-electron chi connectivity index (χ4n) is 3.31. The Morgan fingerprint density at radius 1 is 1.06 bits per heavy atom. The van der Waals surface area contributed by atoms with Crippen molar-refractivity contribution in [1.29, 1.82) is 0 Å². The van der Waals surface area contributed by atoms with Crippen molar-refractivity contribution in [2.45, 2.75) is 6.18 Å². The van der Waals surface area contributed by atoms with Gasteiger partial charge < -0.3 is 5.32 Å². The number of carbonyl (C=O) groups excluding carboxylic acids is 2. The van der Waals surface area contributed by atoms with Gasteiger partial charge in [-0.1, -0.05) is 47.5 Å². The highest BCUT2D eigenvalue weighted by Crippen LogP contribution is 2.36. The number of carbonyl (C=O) groups is 2. The van der Waals surface area contributed by atoms with Crippen LogP contribution in [0, 0.1) is 0 Å². The number of anilines is 1. The number of benzene rings is 2. The van der Waals surface area contributed by atoms with Gasteiger partial charge in [0.05, 0.1) is 28.4 Å². The Morgan fingerprint density at radius 2 is 1.80 bits per heavy atom. The summed E-state index contributed by atoms with van der Waals surface area (Å²) in [5.41, 5.74) is 0.0284. The van der Waals surface area contributed by atoms with Crippen LogP contribution >= 0.6 is 23.2 Å². The lowest BCUT2D eigenvalue weighted by molar-refractivity contribution is -0.141. The summed E-state index contributed by atoms with van der Waals surface area (Å²) in [5.74, 6) is -1.98. The molecule has 2 aromatic carbocycles. The lowest BCUT2D eigenvalue weighted by atomic mass is 10.0. The number of alkyl halides is 3. The van der Waals surface area contributed by atoms with Crippen LogP contribution in [0.4, 0.5) is 18.9 Å². The van der Waals surface area contributed by atoms with Crippen molar-refractivity contribution in [3.63, 3.8) is 0 Å². The molecule has 8 nitrogen and oxygen atoms in total. The minimum atomic E-state index is -4.86. The maximum absolute atomic E-state index is 13.4. The molecular weight excluding hydrogens is 510 g/mol. The Bertz CT molecular complexity index is 1460. The molecule has 180 valence electrons. The molecule has 0 saturated heterocycles. The summed E-state index contributed by atoms with van der Waals surface area (Å²) < 4.78 is 41.0. The lowest BCUT2D eigenvalue weighted by Crippen LogP contribution is -2.25. The van der Waals surface area contributed by atoms with E-state index in [0.717, 1.165) is 0 Å². The molecule has 0 fully saturated rings. The monoisotopic (exact) mass is 523 g/mol. The van der Waals surface area contributed by atoms with Crippen LogP contribution in [0.15, 0.2) is 54.7 Å². The van der Waals surface area contributed by atoms with Crippen molar-refractivity contribution in [2.24, 2.45) is 0 Å². The molecule has 0 bridgehead atoms. The van der Waals surface area contributed by atoms with Crippen LogP contribution in [0.25, 0.3) is 16.6 Å². The predicted octanol–water partition coefficient (Wildman–Crippen LogP) is 5.29. The van der Waals surface area contributed by atoms with E-state index in [1.165, 1.54) is 31.5 Å². The molecule has 0 radical (unpaired) electrons. The number of aromatic nitrogens is 3. The third kappa shape index (κ3) is 4.78. The zero-order valence-corrected chi connectivity index (χ0v) is 19.2. The molecule has 2 heterocycles. The van der Waals surface area contributed by atoms with E-state index in [4.69, 9.17) is 23.2 Å². The zero-order chi connectivity index (χ0) is 25.3. The minimum Gasteiger partial charge on any atom is -0.319 e. The first kappa shape index (κ1) is 24.5. The number of hydroxylamine groups is 1. The Balaban J connectivity index is 1.86. The molecule has 0 atom stereocenters. The van der Waals surface area contributed by atoms with E-state index in [-0.39, 0.29) is 27.1 Å². The Hall–Kier alpha value is -3.67. The lowest BCUT2D eigenvalue weighted by Gasteiger charge is -2.15. The third-order valence-corrected chi connectivity index (χ3v) is 5.52. The van der Waals surface area contributed by atoms with Crippen LogP contribution in [0.1, 0.15) is 26.5 Å². The fraction of sp³-hybridized carbons (Fsp3) is 0.0909. The average Bonchev–Trinajstić information content (AvgIpc) is 3.27. The van der Waals surface area contributed by atoms with Gasteiger partial charge in [0.1, 0.15) is 5.69 Å². The van der Waals surface area contributed by atoms with Gasteiger partial charge in [-0.3, -0.25) is 14.4 Å². The molecule has 0 unspecified atom stereocenters. The van der Waals surface area contributed by atoms with Crippen LogP contribution in [0.3, 0.4) is 0 Å². The molecule has 0 aliphatic carbocycles. The number of pyridine rings is 1. The van der Waals surface area contributed by atoms with Crippen LogP contribution in [0.5, 0.6) is 0 Å². The number of fused-ring (bicyclic) bond motifs is 1. The van der Waals surface area contributed by atoms with Gasteiger partial charge in [0, 0.05) is 17.6 Å². The third-order valence-electron chi connectivity index (χ3n) is 4.84. The molecule has 0 aliphatic rings. The summed E-state index contributed by atoms with van der Waals surface area (Å²) in [6, 6.07) is 11.6. The van der Waals surface area contributed by atoms with Crippen LogP contribution in [0.2, 0.25) is 10.0 Å². The van der Waals surface area contributed by atoms with Crippen LogP contribution in [-0.4, -0.2) is 33.7 Å². The highest BCUT2D eigenvalue weighted by molar-refractivity contribution is 6.40. The van der Waals surface area contributed by atoms with Gasteiger partial charge in [0.15, 0.2) is 11.5 Å². The van der Waals surface area contributed by atoms with Gasteiger partial charge in [0.25, 0.3) is 11.8 Å². The maximum Gasteiger partial charge on any atom is 0.435 e. The number of rotatable bonds is 5. The van der Waals surface area contributed by atoms with Crippen molar-refractivity contribution in [3.8, 4) is 5.82 Å². The quantitative estimate of drug-likeness (QED) is 0.346. The summed E-state index contributed by atoms with van der Waals surface area (Å²) >= 11 is 12.6. The summed E-state index contributed by atoms with van der Waals surface area (Å²) in [4.78, 5) is 34.5. The molecule has 0 spiro atoms. The number of nitrogens with zero attached hydrogens (tertiary/aromatic N) is 3. The Kier molecular flexibility index (Phi) is 6.66. The zero-order valence-electron chi connectivity index (χ0n) is 17.7. The van der Waals surface area contributed by atoms with Gasteiger partial charge in [0.2, 0.25) is 0 Å². The first-order valence-corrected chi connectivity index (χ1v) is 10.5. The number of hydrogen-bond donors (Lipinski definition) is 2. The standard InChI is InChI=1S/C22H14Cl2F3N5O3/c1-35-31-20(33)13-9-11-5-2-3-6-12(11)17(24)18(13)29-21(34)15-10-16(22(25,26)27)30-32(15)19-14(23)7-4-8-28-19/h2-10H,1H3,(H,29,34)(H,31,33). The normalized spacial score (nSPS) is 11.5. The van der Waals surface area contributed by atoms with Gasteiger partial charge in [-0.05, 0) is 23.6 Å². The van der Waals surface area contributed by atoms with E-state index >= 15 is 0 Å². The SMILES string of the molecule is CONC(=O)c1cc2ccccc2c(Cl)c1NC(=O)c1cc(C(F)(F)F)nn1-c1ncccc1Cl. The fourth-order valence-corrected chi connectivity index (χ4v) is 3.83. The number of hydrogen-bond acceptors (Lipinski definition) is 5. The second kappa shape index (κ2) is 9.53. The molecule has 13 heteroatoms. The Labute approximate surface area is 205 Å². The van der Waals surface area contributed by atoms with E-state index in [0.29, 0.717) is 21.5 Å². The van der Waals surface area contributed by atoms with Gasteiger partial charge >= 0.3 is 6.18 Å². The summed E-state index contributed by atoms with van der Waals surface area (Å²) in [6.45, 7) is 0. The van der Waals surface area contributed by atoms with Crippen LogP contribution < -0.4 is 10.8 Å². The first-order chi connectivity index (χ1) is 16.6. The topological polar surface area (TPSA) is 98.1 Å². The number of halogens is 5. The van der Waals surface area contributed by atoms with Gasteiger partial charge in [-0.15, -0.1) is 0 Å². The van der Waals surface area contributed by atoms with Crippen molar-refractivity contribution in [1.82, 2.24) is 20.2 Å². The molecule has 4 rings (SSSR count). The molecule has 2 N–H and O–H groups in total. The minimum absolute atomic E-state index is 0.00400. The largest absolute Gasteiger partial charge is 0.435 e. The number of nitrogens with one attached hydrogen (secondary N) is 2. The van der Waals surface area contributed by atoms with Gasteiger partial charge in [-0.2, -0.15) is 18.3 Å². The van der Waals surface area contributed by atoms with E-state index in [9.17, 15) is 22.8 Å². The predicted molar refractivity (Wildman–Crippen MR) is 123 cm³/mol. The average molecular weight is 524 g/mol. The van der Waals surface area contributed by atoms with Gasteiger partial charge in [-0.25, -0.2) is 15.1 Å². The van der Waals surface area contributed by atoms with Crippen molar-refractivity contribution >= 4 is 51.5 Å². The second-order valence-electron chi connectivity index (χ2n) is 7.06. The molecule has 0 saturated carbocycles. The number of amides is 2. The van der Waals surface area contributed by atoms with Crippen LogP contribution in [-0.2, 0) is 11.0 Å². The summed E-state index contributed by atoms with van der Waals surface area (Å²) in [7, 11) is 1.21. The second-order valence-corrected chi connectivity index (χ2v) is 7.84. The van der Waals surface area contributed by atoms with E-state index in [1.807, 2.05) is 0 Å². The molecule has 0 aliphatic heterocycles. The summed E-state index contributed by atoms with van der Waals surface area (Å²) in [5, 5.41) is 6.96. The molecule has 4 aromatic rings. The maximum atomic E-state index is 13.4. The summed E-state index contributed by atoms with van der Waals surface area (Å²) in [6.07, 6.45) is -3.57. The highest BCUT2D eigenvalue weighted by Gasteiger charge is 2.37. The van der Waals surface area contributed by atoms with E-state index in [2.05, 4.69) is 25.7 Å². The highest BCUT2D eigenvalue weighted by atomic mass is 35.5. The molecule has 2 aromatic heterocycles. The molecular formula is C22H14Cl2F3N5O3. The van der Waals surface area contributed by atoms with Crippen molar-refractivity contribution in [3.05, 3.63) is 81.7 Å².